The molecule has 88 valence electrons. The number of carbonyl (C=O) groups is 2. The standard InChI is InChI=1S/C13H14N2O2/c1-3-5-9(2)15-13(17)11-7-4-6-10(8-11)12(14)16/h1,4,6-9H,5H2,2H3,(H2,14,16)(H,15,17). The van der Waals surface area contributed by atoms with Crippen molar-refractivity contribution in [2.75, 3.05) is 0 Å². The Bertz CT molecular complexity index is 475. The Morgan fingerprint density at radius 2 is 2.12 bits per heavy atom. The summed E-state index contributed by atoms with van der Waals surface area (Å²) in [5, 5.41) is 2.73. The molecule has 1 rings (SSSR count). The molecular formula is C13H14N2O2. The first-order valence-corrected chi connectivity index (χ1v) is 5.18. The second kappa shape index (κ2) is 5.71. The number of nitrogens with two attached hydrogens (primary N) is 1. The first-order valence-electron chi connectivity index (χ1n) is 5.18. The first-order chi connectivity index (χ1) is 8.04. The van der Waals surface area contributed by atoms with Crippen LogP contribution in [-0.2, 0) is 0 Å². The summed E-state index contributed by atoms with van der Waals surface area (Å²) in [5.74, 6) is 1.64. The fraction of sp³-hybridized carbons (Fsp3) is 0.231. The fourth-order valence-corrected chi connectivity index (χ4v) is 1.35. The molecule has 0 radical (unpaired) electrons. The molecule has 1 aromatic rings. The predicted octanol–water partition coefficient (Wildman–Crippen LogP) is 0.927. The molecule has 3 N–H and O–H groups in total. The zero-order valence-electron chi connectivity index (χ0n) is 9.57. The van der Waals surface area contributed by atoms with E-state index < -0.39 is 5.91 Å². The predicted molar refractivity (Wildman–Crippen MR) is 65.3 cm³/mol. The second-order valence-electron chi connectivity index (χ2n) is 3.73. The molecule has 0 spiro atoms. The van der Waals surface area contributed by atoms with Gasteiger partial charge in [0.05, 0.1) is 0 Å². The Morgan fingerprint density at radius 1 is 1.47 bits per heavy atom. The van der Waals surface area contributed by atoms with Gasteiger partial charge in [-0.25, -0.2) is 0 Å². The van der Waals surface area contributed by atoms with Crippen LogP contribution in [0, 0.1) is 12.3 Å². The van der Waals surface area contributed by atoms with E-state index in [0.29, 0.717) is 17.5 Å². The Hall–Kier alpha value is -2.28. The lowest BCUT2D eigenvalue weighted by Gasteiger charge is -2.11. The highest BCUT2D eigenvalue weighted by atomic mass is 16.2. The molecule has 0 aromatic heterocycles. The molecule has 0 aliphatic rings. The maximum absolute atomic E-state index is 11.8. The lowest BCUT2D eigenvalue weighted by atomic mass is 10.1. The molecule has 0 saturated carbocycles. The molecule has 4 nitrogen and oxygen atoms in total. The summed E-state index contributed by atoms with van der Waals surface area (Å²) in [6, 6.07) is 6.14. The number of amides is 2. The Labute approximate surface area is 100 Å². The third kappa shape index (κ3) is 3.65. The van der Waals surface area contributed by atoms with Gasteiger partial charge in [-0.15, -0.1) is 12.3 Å². The van der Waals surface area contributed by atoms with Crippen LogP contribution in [0.4, 0.5) is 0 Å². The van der Waals surface area contributed by atoms with Crippen LogP contribution < -0.4 is 11.1 Å². The van der Waals surface area contributed by atoms with Gasteiger partial charge in [0.1, 0.15) is 0 Å². The highest BCUT2D eigenvalue weighted by molar-refractivity contribution is 5.99. The van der Waals surface area contributed by atoms with Crippen molar-refractivity contribution in [3.8, 4) is 12.3 Å². The number of benzene rings is 1. The van der Waals surface area contributed by atoms with E-state index in [1.165, 1.54) is 6.07 Å². The monoisotopic (exact) mass is 230 g/mol. The highest BCUT2D eigenvalue weighted by Crippen LogP contribution is 2.05. The van der Waals surface area contributed by atoms with Gasteiger partial charge in [-0.3, -0.25) is 9.59 Å². The minimum atomic E-state index is -0.559. The van der Waals surface area contributed by atoms with Gasteiger partial charge >= 0.3 is 0 Å². The van der Waals surface area contributed by atoms with E-state index in [-0.39, 0.29) is 11.9 Å². The van der Waals surface area contributed by atoms with E-state index in [4.69, 9.17) is 12.2 Å². The van der Waals surface area contributed by atoms with Crippen molar-refractivity contribution in [2.45, 2.75) is 19.4 Å². The summed E-state index contributed by atoms with van der Waals surface area (Å²) in [6.07, 6.45) is 5.60. The van der Waals surface area contributed by atoms with E-state index in [1.54, 1.807) is 18.2 Å². The molecule has 0 saturated heterocycles. The number of rotatable bonds is 4. The lowest BCUT2D eigenvalue weighted by molar-refractivity contribution is 0.0941. The van der Waals surface area contributed by atoms with Crippen molar-refractivity contribution in [2.24, 2.45) is 5.73 Å². The summed E-state index contributed by atoms with van der Waals surface area (Å²) in [7, 11) is 0. The summed E-state index contributed by atoms with van der Waals surface area (Å²) >= 11 is 0. The van der Waals surface area contributed by atoms with Gasteiger partial charge in [0.25, 0.3) is 5.91 Å². The molecule has 0 heterocycles. The van der Waals surface area contributed by atoms with E-state index in [1.807, 2.05) is 6.92 Å². The molecule has 0 aliphatic heterocycles. The van der Waals surface area contributed by atoms with Crippen molar-refractivity contribution < 1.29 is 9.59 Å². The molecular weight excluding hydrogens is 216 g/mol. The van der Waals surface area contributed by atoms with Crippen LogP contribution in [-0.4, -0.2) is 17.9 Å². The molecule has 17 heavy (non-hydrogen) atoms. The second-order valence-corrected chi connectivity index (χ2v) is 3.73. The van der Waals surface area contributed by atoms with Gasteiger partial charge in [-0.1, -0.05) is 6.07 Å². The zero-order valence-corrected chi connectivity index (χ0v) is 9.57. The average Bonchev–Trinajstić information content (AvgIpc) is 2.29. The normalized spacial score (nSPS) is 11.3. The minimum Gasteiger partial charge on any atom is -0.366 e. The zero-order chi connectivity index (χ0) is 12.8. The maximum Gasteiger partial charge on any atom is 0.251 e. The minimum absolute atomic E-state index is 0.107. The molecule has 0 bridgehead atoms. The number of hydrogen-bond donors (Lipinski definition) is 2. The highest BCUT2D eigenvalue weighted by Gasteiger charge is 2.10. The van der Waals surface area contributed by atoms with E-state index >= 15 is 0 Å². The molecule has 4 heteroatoms. The van der Waals surface area contributed by atoms with Gasteiger partial charge in [0.2, 0.25) is 5.91 Å². The third-order valence-corrected chi connectivity index (χ3v) is 2.21. The van der Waals surface area contributed by atoms with Gasteiger partial charge in [0, 0.05) is 23.6 Å². The number of carbonyl (C=O) groups excluding carboxylic acids is 2. The molecule has 1 unspecified atom stereocenters. The SMILES string of the molecule is C#CCC(C)NC(=O)c1cccc(C(N)=O)c1. The van der Waals surface area contributed by atoms with Crippen molar-refractivity contribution in [3.63, 3.8) is 0 Å². The van der Waals surface area contributed by atoms with Gasteiger partial charge < -0.3 is 11.1 Å². The van der Waals surface area contributed by atoms with Crippen molar-refractivity contribution in [1.29, 1.82) is 0 Å². The van der Waals surface area contributed by atoms with Gasteiger partial charge in [-0.2, -0.15) is 0 Å². The molecule has 1 aromatic carbocycles. The van der Waals surface area contributed by atoms with Crippen LogP contribution in [0.2, 0.25) is 0 Å². The average molecular weight is 230 g/mol. The summed E-state index contributed by atoms with van der Waals surface area (Å²) < 4.78 is 0. The number of nitrogens with one attached hydrogen (secondary N) is 1. The van der Waals surface area contributed by atoms with Crippen LogP contribution >= 0.6 is 0 Å². The number of terminal acetylenes is 1. The van der Waals surface area contributed by atoms with E-state index in [0.717, 1.165) is 0 Å². The Kier molecular flexibility index (Phi) is 4.29. The lowest BCUT2D eigenvalue weighted by Crippen LogP contribution is -2.32. The Morgan fingerprint density at radius 3 is 2.71 bits per heavy atom. The summed E-state index contributed by atoms with van der Waals surface area (Å²) in [4.78, 5) is 22.7. The molecule has 0 fully saturated rings. The van der Waals surface area contributed by atoms with Gasteiger partial charge in [0.15, 0.2) is 0 Å². The maximum atomic E-state index is 11.8. The first kappa shape index (κ1) is 12.8. The van der Waals surface area contributed by atoms with Crippen LogP contribution in [0.3, 0.4) is 0 Å². The van der Waals surface area contributed by atoms with E-state index in [9.17, 15) is 9.59 Å². The Balaban J connectivity index is 2.79. The van der Waals surface area contributed by atoms with Crippen LogP contribution in [0.1, 0.15) is 34.1 Å². The topological polar surface area (TPSA) is 72.2 Å². The van der Waals surface area contributed by atoms with Crippen molar-refractivity contribution in [3.05, 3.63) is 35.4 Å². The molecule has 1 atom stereocenters. The van der Waals surface area contributed by atoms with Gasteiger partial charge in [-0.05, 0) is 25.1 Å². The molecule has 2 amide bonds. The number of primary amides is 1. The third-order valence-electron chi connectivity index (χ3n) is 2.21. The van der Waals surface area contributed by atoms with Crippen LogP contribution in [0.15, 0.2) is 24.3 Å². The summed E-state index contributed by atoms with van der Waals surface area (Å²) in [6.45, 7) is 1.82. The fourth-order valence-electron chi connectivity index (χ4n) is 1.35. The molecule has 0 aliphatic carbocycles. The van der Waals surface area contributed by atoms with Crippen LogP contribution in [0.25, 0.3) is 0 Å². The smallest absolute Gasteiger partial charge is 0.251 e. The largest absolute Gasteiger partial charge is 0.366 e. The van der Waals surface area contributed by atoms with Crippen molar-refractivity contribution in [1.82, 2.24) is 5.32 Å². The van der Waals surface area contributed by atoms with E-state index in [2.05, 4.69) is 11.2 Å². The summed E-state index contributed by atoms with van der Waals surface area (Å²) in [5.41, 5.74) is 5.84. The quantitative estimate of drug-likeness (QED) is 0.755. The van der Waals surface area contributed by atoms with Crippen LogP contribution in [0.5, 0.6) is 0 Å². The van der Waals surface area contributed by atoms with Crippen molar-refractivity contribution >= 4 is 11.8 Å². The number of hydrogen-bond acceptors (Lipinski definition) is 2.